The third-order valence-electron chi connectivity index (χ3n) is 4.97. The molecule has 3 N–H and O–H groups in total. The fourth-order valence-electron chi connectivity index (χ4n) is 3.76. The standard InChI is InChI=1S/C16H28N4O3/c1-2-23-16(22)20-13-5-6-14(20)10-12(9-13)17-7-8-18-15(21)19-11-3-4-11/h11-14,17H,2-10H2,1H3,(H2,18,19,21)/t12?,13-,14+. The van der Waals surface area contributed by atoms with Crippen LogP contribution in [0.25, 0.3) is 0 Å². The summed E-state index contributed by atoms with van der Waals surface area (Å²) in [4.78, 5) is 25.5. The number of amides is 3. The fraction of sp³-hybridized carbons (Fsp3) is 0.875. The van der Waals surface area contributed by atoms with Gasteiger partial charge in [0, 0.05) is 37.3 Å². The number of carbonyl (C=O) groups is 2. The second-order valence-corrected chi connectivity index (χ2v) is 6.79. The first-order valence-electron chi connectivity index (χ1n) is 8.90. The van der Waals surface area contributed by atoms with Crippen LogP contribution < -0.4 is 16.0 Å². The van der Waals surface area contributed by atoms with Gasteiger partial charge in [0.05, 0.1) is 6.61 Å². The topological polar surface area (TPSA) is 82.7 Å². The van der Waals surface area contributed by atoms with Gasteiger partial charge in [0.1, 0.15) is 0 Å². The first-order chi connectivity index (χ1) is 11.2. The molecule has 1 saturated carbocycles. The number of nitrogens with one attached hydrogen (secondary N) is 3. The Balaban J connectivity index is 1.35. The predicted molar refractivity (Wildman–Crippen MR) is 86.3 cm³/mol. The van der Waals surface area contributed by atoms with Crippen LogP contribution in [0, 0.1) is 0 Å². The second kappa shape index (κ2) is 7.38. The first-order valence-corrected chi connectivity index (χ1v) is 8.90. The zero-order valence-electron chi connectivity index (χ0n) is 13.8. The summed E-state index contributed by atoms with van der Waals surface area (Å²) < 4.78 is 5.17. The van der Waals surface area contributed by atoms with Gasteiger partial charge in [-0.25, -0.2) is 9.59 Å². The van der Waals surface area contributed by atoms with Crippen LogP contribution >= 0.6 is 0 Å². The van der Waals surface area contributed by atoms with Gasteiger partial charge in [-0.15, -0.1) is 0 Å². The molecule has 2 aliphatic heterocycles. The molecule has 3 aliphatic rings. The average Bonchev–Trinajstić information content (AvgIpc) is 3.28. The Morgan fingerprint density at radius 1 is 1.04 bits per heavy atom. The zero-order valence-corrected chi connectivity index (χ0v) is 13.8. The summed E-state index contributed by atoms with van der Waals surface area (Å²) in [6.45, 7) is 3.68. The molecule has 0 aromatic heterocycles. The molecule has 1 aliphatic carbocycles. The largest absolute Gasteiger partial charge is 0.450 e. The Kier molecular flexibility index (Phi) is 5.25. The molecule has 1 unspecified atom stereocenters. The third-order valence-corrected chi connectivity index (χ3v) is 4.97. The number of hydrogen-bond acceptors (Lipinski definition) is 4. The van der Waals surface area contributed by atoms with Gasteiger partial charge in [-0.1, -0.05) is 0 Å². The van der Waals surface area contributed by atoms with Gasteiger partial charge in [0.2, 0.25) is 0 Å². The van der Waals surface area contributed by atoms with Crippen molar-refractivity contribution in [1.82, 2.24) is 20.9 Å². The highest BCUT2D eigenvalue weighted by molar-refractivity contribution is 5.74. The molecule has 3 fully saturated rings. The van der Waals surface area contributed by atoms with Crippen molar-refractivity contribution in [3.8, 4) is 0 Å². The van der Waals surface area contributed by atoms with E-state index < -0.39 is 0 Å². The Morgan fingerprint density at radius 2 is 1.74 bits per heavy atom. The van der Waals surface area contributed by atoms with Gasteiger partial charge >= 0.3 is 12.1 Å². The number of carbonyl (C=O) groups excluding carboxylic acids is 2. The van der Waals surface area contributed by atoms with Gasteiger partial charge in [-0.3, -0.25) is 0 Å². The summed E-state index contributed by atoms with van der Waals surface area (Å²) in [6, 6.07) is 1.36. The van der Waals surface area contributed by atoms with Crippen molar-refractivity contribution in [3.05, 3.63) is 0 Å². The maximum atomic E-state index is 12.0. The highest BCUT2D eigenvalue weighted by Gasteiger charge is 2.43. The molecule has 130 valence electrons. The number of urea groups is 1. The first kappa shape index (κ1) is 16.4. The summed E-state index contributed by atoms with van der Waals surface area (Å²) in [7, 11) is 0. The Morgan fingerprint density at radius 3 is 2.35 bits per heavy atom. The molecule has 2 bridgehead atoms. The van der Waals surface area contributed by atoms with E-state index in [1.165, 1.54) is 0 Å². The van der Waals surface area contributed by atoms with Gasteiger partial charge in [-0.05, 0) is 45.4 Å². The minimum atomic E-state index is -0.156. The quantitative estimate of drug-likeness (QED) is 0.641. The smallest absolute Gasteiger partial charge is 0.410 e. The second-order valence-electron chi connectivity index (χ2n) is 6.79. The number of rotatable bonds is 6. The fourth-order valence-corrected chi connectivity index (χ4v) is 3.76. The van der Waals surface area contributed by atoms with E-state index in [1.54, 1.807) is 0 Å². The number of ether oxygens (including phenoxy) is 1. The van der Waals surface area contributed by atoms with E-state index >= 15 is 0 Å². The lowest BCUT2D eigenvalue weighted by molar-refractivity contribution is 0.0661. The molecule has 7 nitrogen and oxygen atoms in total. The molecule has 0 radical (unpaired) electrons. The summed E-state index contributed by atoms with van der Waals surface area (Å²) in [5, 5.41) is 9.31. The lowest BCUT2D eigenvalue weighted by atomic mass is 9.98. The van der Waals surface area contributed by atoms with Gasteiger partial charge < -0.3 is 25.6 Å². The molecule has 2 saturated heterocycles. The summed E-state index contributed by atoms with van der Waals surface area (Å²) >= 11 is 0. The van der Waals surface area contributed by atoms with Crippen LogP contribution in [-0.4, -0.2) is 60.9 Å². The molecule has 0 aromatic carbocycles. The monoisotopic (exact) mass is 324 g/mol. The van der Waals surface area contributed by atoms with Crippen LogP contribution in [0.3, 0.4) is 0 Å². The molecule has 0 aromatic rings. The van der Waals surface area contributed by atoms with Crippen molar-refractivity contribution in [3.63, 3.8) is 0 Å². The third kappa shape index (κ3) is 4.28. The Labute approximate surface area is 137 Å². The van der Waals surface area contributed by atoms with E-state index in [9.17, 15) is 9.59 Å². The van der Waals surface area contributed by atoms with Crippen molar-refractivity contribution in [2.24, 2.45) is 0 Å². The summed E-state index contributed by atoms with van der Waals surface area (Å²) in [6.07, 6.45) is 6.15. The van der Waals surface area contributed by atoms with E-state index in [-0.39, 0.29) is 12.1 Å². The SMILES string of the molecule is CCOC(=O)N1[C@@H]2CC[C@H]1CC(NCCNC(=O)NC1CC1)C2. The minimum absolute atomic E-state index is 0.0634. The lowest BCUT2D eigenvalue weighted by Gasteiger charge is -2.38. The Hall–Kier alpha value is -1.50. The Bertz CT molecular complexity index is 427. The lowest BCUT2D eigenvalue weighted by Crippen LogP contribution is -2.52. The van der Waals surface area contributed by atoms with E-state index in [0.717, 1.165) is 45.1 Å². The molecule has 0 spiro atoms. The summed E-state index contributed by atoms with van der Waals surface area (Å²) in [5.74, 6) is 0. The van der Waals surface area contributed by atoms with Crippen molar-refractivity contribution >= 4 is 12.1 Å². The number of piperidine rings is 1. The highest BCUT2D eigenvalue weighted by atomic mass is 16.6. The highest BCUT2D eigenvalue weighted by Crippen LogP contribution is 2.36. The molecule has 3 atom stereocenters. The molecule has 23 heavy (non-hydrogen) atoms. The predicted octanol–water partition coefficient (Wildman–Crippen LogP) is 1.19. The molecule has 2 heterocycles. The van der Waals surface area contributed by atoms with Crippen LogP contribution in [0.1, 0.15) is 45.4 Å². The van der Waals surface area contributed by atoms with Gasteiger partial charge in [-0.2, -0.15) is 0 Å². The van der Waals surface area contributed by atoms with Crippen LogP contribution in [-0.2, 0) is 4.74 Å². The van der Waals surface area contributed by atoms with Crippen LogP contribution in [0.15, 0.2) is 0 Å². The maximum Gasteiger partial charge on any atom is 0.410 e. The number of nitrogens with zero attached hydrogens (tertiary/aromatic N) is 1. The normalized spacial score (nSPS) is 29.3. The van der Waals surface area contributed by atoms with E-state index in [2.05, 4.69) is 16.0 Å². The van der Waals surface area contributed by atoms with Gasteiger partial charge in [0.25, 0.3) is 0 Å². The number of hydrogen-bond donors (Lipinski definition) is 3. The molecule has 3 rings (SSSR count). The average molecular weight is 324 g/mol. The maximum absolute atomic E-state index is 12.0. The molecular weight excluding hydrogens is 296 g/mol. The molecular formula is C16H28N4O3. The van der Waals surface area contributed by atoms with Crippen LogP contribution in [0.5, 0.6) is 0 Å². The summed E-state index contributed by atoms with van der Waals surface area (Å²) in [5.41, 5.74) is 0. The van der Waals surface area contributed by atoms with Gasteiger partial charge in [0.15, 0.2) is 0 Å². The molecule has 3 amide bonds. The van der Waals surface area contributed by atoms with E-state index in [1.807, 2.05) is 11.8 Å². The van der Waals surface area contributed by atoms with Crippen molar-refractivity contribution < 1.29 is 14.3 Å². The van der Waals surface area contributed by atoms with Crippen molar-refractivity contribution in [2.45, 2.75) is 69.6 Å². The number of fused-ring (bicyclic) bond motifs is 2. The van der Waals surface area contributed by atoms with Crippen LogP contribution in [0.2, 0.25) is 0 Å². The van der Waals surface area contributed by atoms with E-state index in [4.69, 9.17) is 4.74 Å². The zero-order chi connectivity index (χ0) is 16.2. The van der Waals surface area contributed by atoms with Crippen molar-refractivity contribution in [2.75, 3.05) is 19.7 Å². The van der Waals surface area contributed by atoms with Crippen LogP contribution in [0.4, 0.5) is 9.59 Å². The van der Waals surface area contributed by atoms with Crippen molar-refractivity contribution in [1.29, 1.82) is 0 Å². The minimum Gasteiger partial charge on any atom is -0.450 e. The molecule has 7 heteroatoms. The van der Waals surface area contributed by atoms with E-state index in [0.29, 0.717) is 37.3 Å².